The zero-order valence-electron chi connectivity index (χ0n) is 16.2. The maximum atomic E-state index is 12.3. The number of rotatable bonds is 9. The molecule has 2 atom stereocenters. The fourth-order valence-electron chi connectivity index (χ4n) is 3.64. The highest BCUT2D eigenvalue weighted by Gasteiger charge is 2.21. The molecule has 4 heteroatoms. The smallest absolute Gasteiger partial charge is 0.220 e. The summed E-state index contributed by atoms with van der Waals surface area (Å²) >= 11 is 0. The van der Waals surface area contributed by atoms with Crippen molar-refractivity contribution in [2.75, 3.05) is 26.2 Å². The van der Waals surface area contributed by atoms with E-state index in [1.807, 2.05) is 0 Å². The molecule has 2 N–H and O–H groups in total. The van der Waals surface area contributed by atoms with E-state index < -0.39 is 0 Å². The zero-order valence-corrected chi connectivity index (χ0v) is 16.2. The monoisotopic (exact) mass is 345 g/mol. The highest BCUT2D eigenvalue weighted by Crippen LogP contribution is 2.22. The van der Waals surface area contributed by atoms with Gasteiger partial charge in [-0.2, -0.15) is 0 Å². The average Bonchev–Trinajstić information content (AvgIpc) is 2.65. The number of hydrogen-bond donors (Lipinski definition) is 2. The fraction of sp³-hybridized carbons (Fsp3) is 0.667. The molecule has 1 aliphatic rings. The third kappa shape index (κ3) is 6.79. The number of carbonyl (C=O) groups is 1. The topological polar surface area (TPSA) is 44.4 Å². The quantitative estimate of drug-likeness (QED) is 0.722. The van der Waals surface area contributed by atoms with E-state index in [0.717, 1.165) is 32.7 Å². The van der Waals surface area contributed by atoms with Crippen LogP contribution in [-0.2, 0) is 17.9 Å². The second-order valence-corrected chi connectivity index (χ2v) is 7.35. The second kappa shape index (κ2) is 10.6. The van der Waals surface area contributed by atoms with Gasteiger partial charge in [0.25, 0.3) is 0 Å². The Morgan fingerprint density at radius 3 is 2.76 bits per heavy atom. The van der Waals surface area contributed by atoms with Crippen molar-refractivity contribution < 1.29 is 4.79 Å². The molecule has 0 saturated carbocycles. The largest absolute Gasteiger partial charge is 0.352 e. The van der Waals surface area contributed by atoms with Gasteiger partial charge in [0.15, 0.2) is 0 Å². The summed E-state index contributed by atoms with van der Waals surface area (Å²) in [6, 6.07) is 8.58. The van der Waals surface area contributed by atoms with Crippen LogP contribution in [0.2, 0.25) is 0 Å². The van der Waals surface area contributed by atoms with E-state index in [9.17, 15) is 4.79 Å². The SMILES string of the molecule is CCN(CC)Cc1cccc(CNC(=O)CC(C)C2CCCNC2)c1. The number of benzene rings is 1. The van der Waals surface area contributed by atoms with Crippen molar-refractivity contribution in [1.29, 1.82) is 0 Å². The molecule has 2 rings (SSSR count). The van der Waals surface area contributed by atoms with Gasteiger partial charge in [-0.25, -0.2) is 0 Å². The van der Waals surface area contributed by atoms with Crippen molar-refractivity contribution >= 4 is 5.91 Å². The zero-order chi connectivity index (χ0) is 18.1. The van der Waals surface area contributed by atoms with Gasteiger partial charge in [-0.05, 0) is 62.0 Å². The maximum Gasteiger partial charge on any atom is 0.220 e. The predicted octanol–water partition coefficient (Wildman–Crippen LogP) is 3.17. The Labute approximate surface area is 153 Å². The number of piperidine rings is 1. The van der Waals surface area contributed by atoms with Gasteiger partial charge in [0.05, 0.1) is 0 Å². The van der Waals surface area contributed by atoms with Crippen molar-refractivity contribution in [3.8, 4) is 0 Å². The third-order valence-electron chi connectivity index (χ3n) is 5.43. The standard InChI is InChI=1S/C21H35N3O/c1-4-24(5-2)16-19-9-6-8-18(13-19)14-23-21(25)12-17(3)20-10-7-11-22-15-20/h6,8-9,13,17,20,22H,4-5,7,10-12,14-16H2,1-3H3,(H,23,25). The number of hydrogen-bond acceptors (Lipinski definition) is 3. The fourth-order valence-corrected chi connectivity index (χ4v) is 3.64. The van der Waals surface area contributed by atoms with Crippen LogP contribution in [0.25, 0.3) is 0 Å². The third-order valence-corrected chi connectivity index (χ3v) is 5.43. The van der Waals surface area contributed by atoms with Crippen molar-refractivity contribution in [3.63, 3.8) is 0 Å². The lowest BCUT2D eigenvalue weighted by atomic mass is 9.85. The summed E-state index contributed by atoms with van der Waals surface area (Å²) in [6.45, 7) is 12.5. The molecule has 4 nitrogen and oxygen atoms in total. The molecular formula is C21H35N3O. The summed E-state index contributed by atoms with van der Waals surface area (Å²) in [6.07, 6.45) is 3.11. The first kappa shape index (κ1) is 19.9. The Bertz CT molecular complexity index is 522. The van der Waals surface area contributed by atoms with Gasteiger partial charge in [-0.1, -0.05) is 45.0 Å². The van der Waals surface area contributed by atoms with Crippen molar-refractivity contribution in [1.82, 2.24) is 15.5 Å². The normalized spacial score (nSPS) is 19.0. The summed E-state index contributed by atoms with van der Waals surface area (Å²) in [5, 5.41) is 6.55. The van der Waals surface area contributed by atoms with Crippen LogP contribution >= 0.6 is 0 Å². The molecule has 0 aromatic heterocycles. The lowest BCUT2D eigenvalue weighted by Gasteiger charge is -2.28. The Morgan fingerprint density at radius 1 is 1.32 bits per heavy atom. The van der Waals surface area contributed by atoms with E-state index >= 15 is 0 Å². The molecule has 1 aromatic carbocycles. The summed E-state index contributed by atoms with van der Waals surface area (Å²) in [5.41, 5.74) is 2.50. The van der Waals surface area contributed by atoms with E-state index in [1.165, 1.54) is 24.0 Å². The van der Waals surface area contributed by atoms with E-state index in [-0.39, 0.29) is 5.91 Å². The minimum absolute atomic E-state index is 0.173. The van der Waals surface area contributed by atoms with Gasteiger partial charge in [-0.15, -0.1) is 0 Å². The highest BCUT2D eigenvalue weighted by atomic mass is 16.1. The first-order valence-electron chi connectivity index (χ1n) is 9.90. The molecule has 0 radical (unpaired) electrons. The van der Waals surface area contributed by atoms with Crippen LogP contribution in [0.4, 0.5) is 0 Å². The predicted molar refractivity (Wildman–Crippen MR) is 104 cm³/mol. The minimum Gasteiger partial charge on any atom is -0.352 e. The molecular weight excluding hydrogens is 310 g/mol. The molecule has 0 bridgehead atoms. The summed E-state index contributed by atoms with van der Waals surface area (Å²) in [5.74, 6) is 1.26. The van der Waals surface area contributed by atoms with Gasteiger partial charge in [0.2, 0.25) is 5.91 Å². The molecule has 140 valence electrons. The number of nitrogens with zero attached hydrogens (tertiary/aromatic N) is 1. The van der Waals surface area contributed by atoms with Crippen LogP contribution in [0.5, 0.6) is 0 Å². The molecule has 1 amide bonds. The molecule has 0 spiro atoms. The Morgan fingerprint density at radius 2 is 2.08 bits per heavy atom. The summed E-state index contributed by atoms with van der Waals surface area (Å²) in [4.78, 5) is 14.7. The molecule has 2 unspecified atom stereocenters. The van der Waals surface area contributed by atoms with Crippen LogP contribution in [0.15, 0.2) is 24.3 Å². The molecule has 1 heterocycles. The van der Waals surface area contributed by atoms with Crippen molar-refractivity contribution in [3.05, 3.63) is 35.4 Å². The Kier molecular flexibility index (Phi) is 8.42. The number of carbonyl (C=O) groups excluding carboxylic acids is 1. The van der Waals surface area contributed by atoms with Gasteiger partial charge in [0, 0.05) is 19.5 Å². The molecule has 1 aromatic rings. The van der Waals surface area contributed by atoms with Crippen LogP contribution in [0, 0.1) is 11.8 Å². The Hall–Kier alpha value is -1.39. The summed E-state index contributed by atoms with van der Waals surface area (Å²) < 4.78 is 0. The minimum atomic E-state index is 0.173. The number of amides is 1. The van der Waals surface area contributed by atoms with Crippen LogP contribution in [-0.4, -0.2) is 37.0 Å². The van der Waals surface area contributed by atoms with Crippen molar-refractivity contribution in [2.45, 2.75) is 53.1 Å². The van der Waals surface area contributed by atoms with E-state index in [2.05, 4.69) is 60.6 Å². The molecule has 1 aliphatic heterocycles. The van der Waals surface area contributed by atoms with Gasteiger partial charge in [0.1, 0.15) is 0 Å². The molecule has 1 saturated heterocycles. The van der Waals surface area contributed by atoms with Crippen LogP contribution in [0.1, 0.15) is 51.2 Å². The average molecular weight is 346 g/mol. The molecule has 25 heavy (non-hydrogen) atoms. The molecule has 0 aliphatic carbocycles. The first-order chi connectivity index (χ1) is 12.1. The number of nitrogens with one attached hydrogen (secondary N) is 2. The van der Waals surface area contributed by atoms with E-state index in [1.54, 1.807) is 0 Å². The van der Waals surface area contributed by atoms with Gasteiger partial charge in [-0.3, -0.25) is 9.69 Å². The van der Waals surface area contributed by atoms with E-state index in [4.69, 9.17) is 0 Å². The first-order valence-corrected chi connectivity index (χ1v) is 9.90. The summed E-state index contributed by atoms with van der Waals surface area (Å²) in [7, 11) is 0. The van der Waals surface area contributed by atoms with Gasteiger partial charge >= 0.3 is 0 Å². The van der Waals surface area contributed by atoms with Crippen LogP contribution < -0.4 is 10.6 Å². The van der Waals surface area contributed by atoms with E-state index in [0.29, 0.717) is 24.8 Å². The van der Waals surface area contributed by atoms with Crippen LogP contribution in [0.3, 0.4) is 0 Å². The Balaban J connectivity index is 1.78. The van der Waals surface area contributed by atoms with Crippen molar-refractivity contribution in [2.24, 2.45) is 11.8 Å². The maximum absolute atomic E-state index is 12.3. The lowest BCUT2D eigenvalue weighted by molar-refractivity contribution is -0.122. The highest BCUT2D eigenvalue weighted by molar-refractivity contribution is 5.76. The van der Waals surface area contributed by atoms with Gasteiger partial charge < -0.3 is 10.6 Å². The molecule has 1 fully saturated rings. The lowest BCUT2D eigenvalue weighted by Crippen LogP contribution is -2.35. The second-order valence-electron chi connectivity index (χ2n) is 7.35.